The smallest absolute Gasteiger partial charge is 0.400 e. The van der Waals surface area contributed by atoms with Gasteiger partial charge in [0.25, 0.3) is 0 Å². The number of nitrogen functional groups attached to an aromatic ring is 1. The predicted molar refractivity (Wildman–Crippen MR) is 84.0 cm³/mol. The number of hydrogen-bond acceptors (Lipinski definition) is 4. The van der Waals surface area contributed by atoms with E-state index < -0.39 is 7.12 Å². The first-order valence-corrected chi connectivity index (χ1v) is 6.87. The molecule has 0 aliphatic carbocycles. The molecule has 0 bridgehead atoms. The van der Waals surface area contributed by atoms with Crippen LogP contribution in [0.2, 0.25) is 0 Å². The van der Waals surface area contributed by atoms with E-state index in [4.69, 9.17) is 20.8 Å². The van der Waals surface area contributed by atoms with E-state index in [0.717, 1.165) is 16.7 Å². The van der Waals surface area contributed by atoms with Crippen LogP contribution in [-0.2, 0) is 9.31 Å². The van der Waals surface area contributed by atoms with Crippen LogP contribution in [0.1, 0.15) is 33.3 Å². The first kappa shape index (κ1) is 15.1. The molecule has 20 heavy (non-hydrogen) atoms. The number of hydrogen-bond donors (Lipinski definition) is 2. The summed E-state index contributed by atoms with van der Waals surface area (Å²) in [5.41, 5.74) is 13.6. The van der Waals surface area contributed by atoms with E-state index in [-0.39, 0.29) is 11.2 Å². The van der Waals surface area contributed by atoms with Crippen LogP contribution in [0.15, 0.2) is 29.7 Å². The summed E-state index contributed by atoms with van der Waals surface area (Å²) in [5, 5.41) is 0. The van der Waals surface area contributed by atoms with Crippen LogP contribution in [-0.4, -0.2) is 24.9 Å². The first-order chi connectivity index (χ1) is 9.27. The highest BCUT2D eigenvalue weighted by molar-refractivity contribution is 6.56. The summed E-state index contributed by atoms with van der Waals surface area (Å²) in [6.07, 6.45) is 1.96. The number of rotatable bonds is 3. The lowest BCUT2D eigenvalue weighted by Crippen LogP contribution is -2.41. The zero-order chi connectivity index (χ0) is 15.0. The normalized spacial score (nSPS) is 21.2. The SMILES string of the molecule is CC1(C)OB(C(=Cc2ccccc2N)CN)OC1(C)C. The molecule has 2 rings (SSSR count). The van der Waals surface area contributed by atoms with Crippen LogP contribution in [0.5, 0.6) is 0 Å². The minimum atomic E-state index is -0.426. The molecule has 108 valence electrons. The molecule has 0 aromatic heterocycles. The number of nitrogens with two attached hydrogens (primary N) is 2. The van der Waals surface area contributed by atoms with Gasteiger partial charge in [0.1, 0.15) is 0 Å². The summed E-state index contributed by atoms with van der Waals surface area (Å²) in [6, 6.07) is 7.67. The Morgan fingerprint density at radius 1 is 1.15 bits per heavy atom. The lowest BCUT2D eigenvalue weighted by Gasteiger charge is -2.32. The van der Waals surface area contributed by atoms with Gasteiger partial charge in [0, 0.05) is 12.2 Å². The van der Waals surface area contributed by atoms with Crippen molar-refractivity contribution in [2.75, 3.05) is 12.3 Å². The molecule has 0 unspecified atom stereocenters. The molecule has 4 nitrogen and oxygen atoms in total. The molecule has 0 spiro atoms. The number of benzene rings is 1. The molecule has 1 fully saturated rings. The standard InChI is InChI=1S/C15H23BN2O2/c1-14(2)15(3,4)20-16(19-14)12(10-17)9-11-7-5-6-8-13(11)18/h5-9H,10,17-18H2,1-4H3. The molecule has 0 amide bonds. The zero-order valence-corrected chi connectivity index (χ0v) is 12.6. The highest BCUT2D eigenvalue weighted by Crippen LogP contribution is 2.38. The topological polar surface area (TPSA) is 70.5 Å². The Kier molecular flexibility index (Phi) is 3.96. The van der Waals surface area contributed by atoms with Crippen molar-refractivity contribution in [2.24, 2.45) is 5.73 Å². The molecular formula is C15H23BN2O2. The van der Waals surface area contributed by atoms with Crippen molar-refractivity contribution in [1.82, 2.24) is 0 Å². The Morgan fingerprint density at radius 2 is 1.70 bits per heavy atom. The third-order valence-electron chi connectivity index (χ3n) is 4.13. The van der Waals surface area contributed by atoms with Crippen molar-refractivity contribution in [3.8, 4) is 0 Å². The van der Waals surface area contributed by atoms with Gasteiger partial charge in [-0.05, 0) is 44.8 Å². The Labute approximate surface area is 121 Å². The van der Waals surface area contributed by atoms with Gasteiger partial charge < -0.3 is 20.8 Å². The summed E-state index contributed by atoms with van der Waals surface area (Å²) in [6.45, 7) is 8.47. The Morgan fingerprint density at radius 3 is 2.20 bits per heavy atom. The van der Waals surface area contributed by atoms with Crippen molar-refractivity contribution in [3.05, 3.63) is 35.3 Å². The fourth-order valence-corrected chi connectivity index (χ4v) is 2.06. The Hall–Kier alpha value is -1.30. The fourth-order valence-electron chi connectivity index (χ4n) is 2.06. The molecule has 4 N–H and O–H groups in total. The summed E-state index contributed by atoms with van der Waals surface area (Å²) >= 11 is 0. The van der Waals surface area contributed by atoms with E-state index in [1.807, 2.05) is 58.0 Å². The van der Waals surface area contributed by atoms with Crippen molar-refractivity contribution in [2.45, 2.75) is 38.9 Å². The van der Waals surface area contributed by atoms with Crippen molar-refractivity contribution in [3.63, 3.8) is 0 Å². The molecular weight excluding hydrogens is 251 g/mol. The number of anilines is 1. The van der Waals surface area contributed by atoms with Gasteiger partial charge >= 0.3 is 7.12 Å². The van der Waals surface area contributed by atoms with Crippen LogP contribution >= 0.6 is 0 Å². The maximum Gasteiger partial charge on any atom is 0.491 e. The van der Waals surface area contributed by atoms with Crippen molar-refractivity contribution < 1.29 is 9.31 Å². The molecule has 1 aliphatic rings. The number of para-hydroxylation sites is 1. The van der Waals surface area contributed by atoms with E-state index >= 15 is 0 Å². The fraction of sp³-hybridized carbons (Fsp3) is 0.467. The molecule has 1 aromatic carbocycles. The van der Waals surface area contributed by atoms with Gasteiger partial charge in [0.15, 0.2) is 0 Å². The lowest BCUT2D eigenvalue weighted by molar-refractivity contribution is 0.00578. The summed E-state index contributed by atoms with van der Waals surface area (Å²) in [4.78, 5) is 0. The van der Waals surface area contributed by atoms with E-state index in [9.17, 15) is 0 Å². The van der Waals surface area contributed by atoms with E-state index in [1.165, 1.54) is 0 Å². The van der Waals surface area contributed by atoms with Crippen molar-refractivity contribution >= 4 is 18.9 Å². The molecule has 1 heterocycles. The van der Waals surface area contributed by atoms with Gasteiger partial charge in [0.05, 0.1) is 11.2 Å². The van der Waals surface area contributed by atoms with Crippen molar-refractivity contribution in [1.29, 1.82) is 0 Å². The largest absolute Gasteiger partial charge is 0.491 e. The molecule has 5 heteroatoms. The second-order valence-corrected chi connectivity index (χ2v) is 6.14. The van der Waals surface area contributed by atoms with Gasteiger partial charge in [-0.3, -0.25) is 0 Å². The second-order valence-electron chi connectivity index (χ2n) is 6.14. The second kappa shape index (κ2) is 5.24. The van der Waals surface area contributed by atoms with Gasteiger partial charge in [-0.2, -0.15) is 0 Å². The highest BCUT2D eigenvalue weighted by Gasteiger charge is 2.52. The van der Waals surface area contributed by atoms with Gasteiger partial charge in [-0.25, -0.2) is 0 Å². The Bertz CT molecular complexity index is 510. The highest BCUT2D eigenvalue weighted by atomic mass is 16.7. The first-order valence-electron chi connectivity index (χ1n) is 6.87. The monoisotopic (exact) mass is 274 g/mol. The van der Waals surface area contributed by atoms with E-state index in [1.54, 1.807) is 0 Å². The maximum absolute atomic E-state index is 6.02. The molecule has 0 saturated carbocycles. The third kappa shape index (κ3) is 2.75. The predicted octanol–water partition coefficient (Wildman–Crippen LogP) is 2.24. The lowest BCUT2D eigenvalue weighted by atomic mass is 9.77. The third-order valence-corrected chi connectivity index (χ3v) is 4.13. The van der Waals surface area contributed by atoms with Crippen LogP contribution in [0.4, 0.5) is 5.69 Å². The summed E-state index contributed by atoms with van der Waals surface area (Å²) in [7, 11) is -0.426. The van der Waals surface area contributed by atoms with Crippen LogP contribution < -0.4 is 11.5 Å². The molecule has 0 radical (unpaired) electrons. The minimum Gasteiger partial charge on any atom is -0.400 e. The Balaban J connectivity index is 2.29. The van der Waals surface area contributed by atoms with Gasteiger partial charge in [0.2, 0.25) is 0 Å². The average molecular weight is 274 g/mol. The molecule has 1 aliphatic heterocycles. The van der Waals surface area contributed by atoms with E-state index in [2.05, 4.69) is 0 Å². The average Bonchev–Trinajstić information content (AvgIpc) is 2.57. The molecule has 0 atom stereocenters. The summed E-state index contributed by atoms with van der Waals surface area (Å²) in [5.74, 6) is 0. The quantitative estimate of drug-likeness (QED) is 0.655. The van der Waals surface area contributed by atoms with Crippen LogP contribution in [0, 0.1) is 0 Å². The van der Waals surface area contributed by atoms with Crippen LogP contribution in [0.25, 0.3) is 6.08 Å². The molecule has 1 aromatic rings. The van der Waals surface area contributed by atoms with Gasteiger partial charge in [-0.1, -0.05) is 24.3 Å². The summed E-state index contributed by atoms with van der Waals surface area (Å²) < 4.78 is 12.0. The van der Waals surface area contributed by atoms with E-state index in [0.29, 0.717) is 6.54 Å². The molecule has 1 saturated heterocycles. The maximum atomic E-state index is 6.02. The van der Waals surface area contributed by atoms with Gasteiger partial charge in [-0.15, -0.1) is 0 Å². The zero-order valence-electron chi connectivity index (χ0n) is 12.6. The minimum absolute atomic E-state index is 0.366. The van der Waals surface area contributed by atoms with Crippen LogP contribution in [0.3, 0.4) is 0 Å².